The highest BCUT2D eigenvalue weighted by Crippen LogP contribution is 2.27. The summed E-state index contributed by atoms with van der Waals surface area (Å²) in [6.45, 7) is 0. The monoisotopic (exact) mass is 234 g/mol. The Kier molecular flexibility index (Phi) is 2.75. The highest BCUT2D eigenvalue weighted by Gasteiger charge is 2.09. The van der Waals surface area contributed by atoms with Gasteiger partial charge in [-0.3, -0.25) is 19.9 Å². The van der Waals surface area contributed by atoms with E-state index in [2.05, 4.69) is 19.9 Å². The minimum atomic E-state index is 0.810. The first kappa shape index (κ1) is 10.5. The summed E-state index contributed by atoms with van der Waals surface area (Å²) in [6.07, 6.45) is 10.4. The molecule has 3 aromatic heterocycles. The lowest BCUT2D eigenvalue weighted by Gasteiger charge is -2.06. The van der Waals surface area contributed by atoms with Gasteiger partial charge in [0.15, 0.2) is 0 Å². The van der Waals surface area contributed by atoms with Crippen LogP contribution in [0.2, 0.25) is 0 Å². The average Bonchev–Trinajstić information content (AvgIpc) is 2.49. The second kappa shape index (κ2) is 4.71. The SMILES string of the molecule is c1cncc(-c2ncccc2-c2cnccn2)c1. The Morgan fingerprint density at radius 2 is 1.61 bits per heavy atom. The van der Waals surface area contributed by atoms with Crippen LogP contribution in [0.1, 0.15) is 0 Å². The van der Waals surface area contributed by atoms with Crippen LogP contribution in [0.3, 0.4) is 0 Å². The zero-order chi connectivity index (χ0) is 12.2. The lowest BCUT2D eigenvalue weighted by Crippen LogP contribution is -1.91. The molecule has 0 atom stereocenters. The number of nitrogens with zero attached hydrogens (tertiary/aromatic N) is 4. The van der Waals surface area contributed by atoms with Gasteiger partial charge in [0.1, 0.15) is 0 Å². The van der Waals surface area contributed by atoms with Gasteiger partial charge >= 0.3 is 0 Å². The molecule has 3 aromatic rings. The lowest BCUT2D eigenvalue weighted by molar-refractivity contribution is 1.19. The van der Waals surface area contributed by atoms with E-state index in [1.165, 1.54) is 0 Å². The molecule has 0 aliphatic heterocycles. The van der Waals surface area contributed by atoms with Crippen LogP contribution in [0.4, 0.5) is 0 Å². The first-order chi connectivity index (χ1) is 8.95. The van der Waals surface area contributed by atoms with Crippen LogP contribution in [0.5, 0.6) is 0 Å². The normalized spacial score (nSPS) is 10.2. The van der Waals surface area contributed by atoms with Crippen molar-refractivity contribution >= 4 is 0 Å². The number of pyridine rings is 2. The van der Waals surface area contributed by atoms with E-state index in [9.17, 15) is 0 Å². The fourth-order valence-electron chi connectivity index (χ4n) is 1.78. The molecule has 0 amide bonds. The summed E-state index contributed by atoms with van der Waals surface area (Å²) in [5.74, 6) is 0. The van der Waals surface area contributed by atoms with E-state index < -0.39 is 0 Å². The maximum Gasteiger partial charge on any atom is 0.0907 e. The van der Waals surface area contributed by atoms with E-state index >= 15 is 0 Å². The van der Waals surface area contributed by atoms with Crippen molar-refractivity contribution in [3.63, 3.8) is 0 Å². The van der Waals surface area contributed by atoms with E-state index in [1.807, 2.05) is 24.3 Å². The Morgan fingerprint density at radius 3 is 2.39 bits per heavy atom. The van der Waals surface area contributed by atoms with Crippen LogP contribution >= 0.6 is 0 Å². The van der Waals surface area contributed by atoms with Crippen LogP contribution in [-0.2, 0) is 0 Å². The molecule has 0 unspecified atom stereocenters. The molecule has 4 heteroatoms. The third-order valence-electron chi connectivity index (χ3n) is 2.58. The van der Waals surface area contributed by atoms with Gasteiger partial charge in [0.25, 0.3) is 0 Å². The van der Waals surface area contributed by atoms with Crippen molar-refractivity contribution in [3.05, 3.63) is 61.4 Å². The van der Waals surface area contributed by atoms with Crippen molar-refractivity contribution < 1.29 is 0 Å². The number of hydrogen-bond acceptors (Lipinski definition) is 4. The highest BCUT2D eigenvalue weighted by molar-refractivity contribution is 5.77. The molecule has 3 heterocycles. The summed E-state index contributed by atoms with van der Waals surface area (Å²) in [7, 11) is 0. The van der Waals surface area contributed by atoms with Crippen molar-refractivity contribution in [1.82, 2.24) is 19.9 Å². The van der Waals surface area contributed by atoms with Gasteiger partial charge in [0.2, 0.25) is 0 Å². The minimum Gasteiger partial charge on any atom is -0.264 e. The van der Waals surface area contributed by atoms with Crippen molar-refractivity contribution in [1.29, 1.82) is 0 Å². The molecule has 0 aliphatic carbocycles. The van der Waals surface area contributed by atoms with Gasteiger partial charge in [-0.15, -0.1) is 0 Å². The van der Waals surface area contributed by atoms with Crippen LogP contribution in [0, 0.1) is 0 Å². The van der Waals surface area contributed by atoms with Crippen LogP contribution in [0.25, 0.3) is 22.5 Å². The van der Waals surface area contributed by atoms with Crippen molar-refractivity contribution in [2.75, 3.05) is 0 Å². The van der Waals surface area contributed by atoms with Crippen molar-refractivity contribution in [2.24, 2.45) is 0 Å². The molecule has 86 valence electrons. The number of rotatable bonds is 2. The predicted molar refractivity (Wildman–Crippen MR) is 68.5 cm³/mol. The fourth-order valence-corrected chi connectivity index (χ4v) is 1.78. The van der Waals surface area contributed by atoms with Gasteiger partial charge < -0.3 is 0 Å². The Hall–Kier alpha value is -2.62. The Bertz CT molecular complexity index is 580. The quantitative estimate of drug-likeness (QED) is 0.684. The molecule has 0 aromatic carbocycles. The molecule has 18 heavy (non-hydrogen) atoms. The smallest absolute Gasteiger partial charge is 0.0907 e. The molecule has 0 radical (unpaired) electrons. The van der Waals surface area contributed by atoms with Gasteiger partial charge in [-0.25, -0.2) is 0 Å². The number of hydrogen-bond donors (Lipinski definition) is 0. The molecule has 0 bridgehead atoms. The van der Waals surface area contributed by atoms with Crippen LogP contribution < -0.4 is 0 Å². The molecule has 0 saturated carbocycles. The largest absolute Gasteiger partial charge is 0.264 e. The van der Waals surface area contributed by atoms with E-state index in [-0.39, 0.29) is 0 Å². The maximum absolute atomic E-state index is 4.42. The Morgan fingerprint density at radius 1 is 0.722 bits per heavy atom. The Labute approximate surface area is 104 Å². The highest BCUT2D eigenvalue weighted by atomic mass is 14.8. The molecule has 0 spiro atoms. The summed E-state index contributed by atoms with van der Waals surface area (Å²) in [5.41, 5.74) is 3.60. The average molecular weight is 234 g/mol. The lowest BCUT2D eigenvalue weighted by atomic mass is 10.1. The topological polar surface area (TPSA) is 51.6 Å². The summed E-state index contributed by atoms with van der Waals surface area (Å²) < 4.78 is 0. The van der Waals surface area contributed by atoms with Gasteiger partial charge in [-0.2, -0.15) is 0 Å². The van der Waals surface area contributed by atoms with E-state index in [1.54, 1.807) is 37.2 Å². The summed E-state index contributed by atoms with van der Waals surface area (Å²) in [4.78, 5) is 16.9. The van der Waals surface area contributed by atoms with Gasteiger partial charge in [0.05, 0.1) is 17.6 Å². The van der Waals surface area contributed by atoms with E-state index in [0.717, 1.165) is 22.5 Å². The minimum absolute atomic E-state index is 0.810. The molecule has 0 fully saturated rings. The van der Waals surface area contributed by atoms with Gasteiger partial charge in [-0.05, 0) is 24.3 Å². The van der Waals surface area contributed by atoms with E-state index in [4.69, 9.17) is 0 Å². The molecule has 0 saturated heterocycles. The fraction of sp³-hybridized carbons (Fsp3) is 0. The predicted octanol–water partition coefficient (Wildman–Crippen LogP) is 2.60. The third kappa shape index (κ3) is 1.96. The summed E-state index contributed by atoms with van der Waals surface area (Å²) in [5, 5.41) is 0. The van der Waals surface area contributed by atoms with Crippen molar-refractivity contribution in [2.45, 2.75) is 0 Å². The standard InChI is InChI=1S/C14H10N4/c1-3-11(9-15-5-1)14-12(4-2-6-18-14)13-10-16-7-8-17-13/h1-10H. The third-order valence-corrected chi connectivity index (χ3v) is 2.58. The first-order valence-electron chi connectivity index (χ1n) is 5.57. The molecule has 3 rings (SSSR count). The molecule has 0 aliphatic rings. The summed E-state index contributed by atoms with van der Waals surface area (Å²) in [6, 6.07) is 7.75. The first-order valence-corrected chi connectivity index (χ1v) is 5.57. The second-order valence-corrected chi connectivity index (χ2v) is 3.73. The summed E-state index contributed by atoms with van der Waals surface area (Å²) >= 11 is 0. The molecule has 0 N–H and O–H groups in total. The van der Waals surface area contributed by atoms with Gasteiger partial charge in [0, 0.05) is 42.1 Å². The maximum atomic E-state index is 4.42. The molecule has 4 nitrogen and oxygen atoms in total. The van der Waals surface area contributed by atoms with Crippen molar-refractivity contribution in [3.8, 4) is 22.5 Å². The zero-order valence-electron chi connectivity index (χ0n) is 9.56. The number of aromatic nitrogens is 4. The van der Waals surface area contributed by atoms with Gasteiger partial charge in [-0.1, -0.05) is 0 Å². The van der Waals surface area contributed by atoms with Crippen LogP contribution in [0.15, 0.2) is 61.4 Å². The molecular weight excluding hydrogens is 224 g/mol. The zero-order valence-corrected chi connectivity index (χ0v) is 9.56. The van der Waals surface area contributed by atoms with Crippen LogP contribution in [-0.4, -0.2) is 19.9 Å². The second-order valence-electron chi connectivity index (χ2n) is 3.73. The Balaban J connectivity index is 2.18. The van der Waals surface area contributed by atoms with E-state index in [0.29, 0.717) is 0 Å². The molecular formula is C14H10N4.